The highest BCUT2D eigenvalue weighted by Gasteiger charge is 2.24. The molecule has 2 atom stereocenters. The predicted molar refractivity (Wildman–Crippen MR) is 68.1 cm³/mol. The summed E-state index contributed by atoms with van der Waals surface area (Å²) in [5.41, 5.74) is 7.48. The molecule has 2 unspecified atom stereocenters. The summed E-state index contributed by atoms with van der Waals surface area (Å²) in [5.74, 6) is 0. The zero-order valence-corrected chi connectivity index (χ0v) is 10.7. The van der Waals surface area contributed by atoms with Crippen LogP contribution in [0.2, 0.25) is 0 Å². The molecule has 0 spiro atoms. The van der Waals surface area contributed by atoms with Crippen molar-refractivity contribution in [3.63, 3.8) is 0 Å². The van der Waals surface area contributed by atoms with Crippen LogP contribution in [0.5, 0.6) is 0 Å². The molecule has 3 heteroatoms. The molecule has 0 bridgehead atoms. The molecule has 0 saturated heterocycles. The van der Waals surface area contributed by atoms with Crippen LogP contribution in [0.4, 0.5) is 0 Å². The second kappa shape index (κ2) is 5.97. The van der Waals surface area contributed by atoms with Crippen molar-refractivity contribution in [3.8, 4) is 0 Å². The van der Waals surface area contributed by atoms with E-state index in [4.69, 9.17) is 5.73 Å². The summed E-state index contributed by atoms with van der Waals surface area (Å²) < 4.78 is 0. The smallest absolute Gasteiger partial charge is 0.0499 e. The highest BCUT2D eigenvalue weighted by atomic mass is 15.2. The van der Waals surface area contributed by atoms with E-state index in [0.29, 0.717) is 6.04 Å². The van der Waals surface area contributed by atoms with Crippen LogP contribution in [0.15, 0.2) is 24.5 Å². The highest BCUT2D eigenvalue weighted by molar-refractivity contribution is 5.17. The van der Waals surface area contributed by atoms with Gasteiger partial charge in [0.2, 0.25) is 0 Å². The number of pyridine rings is 1. The number of hydrogen-bond acceptors (Lipinski definition) is 3. The van der Waals surface area contributed by atoms with Gasteiger partial charge in [-0.1, -0.05) is 6.92 Å². The van der Waals surface area contributed by atoms with Gasteiger partial charge in [0.25, 0.3) is 0 Å². The Hall–Kier alpha value is -0.930. The highest BCUT2D eigenvalue weighted by Crippen LogP contribution is 2.24. The Kier molecular flexibility index (Phi) is 4.90. The average molecular weight is 221 g/mol. The maximum Gasteiger partial charge on any atom is 0.0499 e. The number of rotatable bonds is 5. The van der Waals surface area contributed by atoms with E-state index >= 15 is 0 Å². The van der Waals surface area contributed by atoms with E-state index < -0.39 is 0 Å². The van der Waals surface area contributed by atoms with Gasteiger partial charge in [-0.15, -0.1) is 0 Å². The lowest BCUT2D eigenvalue weighted by Gasteiger charge is -2.35. The lowest BCUT2D eigenvalue weighted by molar-refractivity contribution is 0.168. The second-order valence-corrected chi connectivity index (χ2v) is 4.56. The number of likely N-dealkylation sites (N-methyl/N-ethyl adjacent to an activating group) is 1. The number of nitrogens with zero attached hydrogens (tertiary/aromatic N) is 2. The SMILES string of the molecule is CCC(N)C(c1ccncc1)N(C)C(C)C. The standard InChI is InChI=1S/C13H23N3/c1-5-12(14)13(16(4)10(2)3)11-6-8-15-9-7-11/h6-10,12-13H,5,14H2,1-4H3. The molecule has 0 aliphatic rings. The summed E-state index contributed by atoms with van der Waals surface area (Å²) in [6.45, 7) is 6.51. The van der Waals surface area contributed by atoms with Crippen molar-refractivity contribution in [1.82, 2.24) is 9.88 Å². The van der Waals surface area contributed by atoms with Gasteiger partial charge in [-0.2, -0.15) is 0 Å². The maximum atomic E-state index is 6.23. The molecule has 3 nitrogen and oxygen atoms in total. The average Bonchev–Trinajstić information content (AvgIpc) is 2.30. The van der Waals surface area contributed by atoms with Gasteiger partial charge >= 0.3 is 0 Å². The monoisotopic (exact) mass is 221 g/mol. The molecule has 1 rings (SSSR count). The Labute approximate surface area is 98.7 Å². The molecule has 0 radical (unpaired) electrons. The first-order chi connectivity index (χ1) is 7.57. The molecule has 16 heavy (non-hydrogen) atoms. The van der Waals surface area contributed by atoms with Crippen LogP contribution in [-0.4, -0.2) is 29.0 Å². The zero-order chi connectivity index (χ0) is 12.1. The summed E-state index contributed by atoms with van der Waals surface area (Å²) in [6, 6.07) is 5.02. The lowest BCUT2D eigenvalue weighted by atomic mass is 9.96. The van der Waals surface area contributed by atoms with Gasteiger partial charge in [0.05, 0.1) is 0 Å². The topological polar surface area (TPSA) is 42.1 Å². The molecule has 2 N–H and O–H groups in total. The Bertz CT molecular complexity index is 297. The molecule has 0 saturated carbocycles. The Morgan fingerprint density at radius 3 is 2.31 bits per heavy atom. The Morgan fingerprint density at radius 1 is 1.31 bits per heavy atom. The number of nitrogens with two attached hydrogens (primary N) is 1. The van der Waals surface area contributed by atoms with Crippen LogP contribution < -0.4 is 5.73 Å². The third-order valence-electron chi connectivity index (χ3n) is 3.18. The molecule has 1 heterocycles. The maximum absolute atomic E-state index is 6.23. The molecule has 90 valence electrons. The van der Waals surface area contributed by atoms with Crippen molar-refractivity contribution < 1.29 is 0 Å². The minimum atomic E-state index is 0.162. The van der Waals surface area contributed by atoms with E-state index in [9.17, 15) is 0 Å². The minimum absolute atomic E-state index is 0.162. The first-order valence-corrected chi connectivity index (χ1v) is 5.95. The van der Waals surface area contributed by atoms with Gasteiger partial charge in [0.15, 0.2) is 0 Å². The van der Waals surface area contributed by atoms with Gasteiger partial charge in [-0.05, 0) is 45.0 Å². The van der Waals surface area contributed by atoms with Crippen molar-refractivity contribution in [2.45, 2.75) is 45.3 Å². The zero-order valence-electron chi connectivity index (χ0n) is 10.7. The molecule has 0 fully saturated rings. The second-order valence-electron chi connectivity index (χ2n) is 4.56. The van der Waals surface area contributed by atoms with Gasteiger partial charge < -0.3 is 5.73 Å². The molecule has 0 aliphatic carbocycles. The largest absolute Gasteiger partial charge is 0.326 e. The van der Waals surface area contributed by atoms with E-state index in [1.807, 2.05) is 12.4 Å². The van der Waals surface area contributed by atoms with E-state index in [1.54, 1.807) is 0 Å². The number of hydrogen-bond donors (Lipinski definition) is 1. The van der Waals surface area contributed by atoms with Crippen molar-refractivity contribution in [2.75, 3.05) is 7.05 Å². The van der Waals surface area contributed by atoms with E-state index in [2.05, 4.69) is 49.8 Å². The van der Waals surface area contributed by atoms with Crippen molar-refractivity contribution in [3.05, 3.63) is 30.1 Å². The van der Waals surface area contributed by atoms with Crippen LogP contribution >= 0.6 is 0 Å². The van der Waals surface area contributed by atoms with E-state index in [0.717, 1.165) is 6.42 Å². The summed E-state index contributed by atoms with van der Waals surface area (Å²) in [7, 11) is 2.13. The molecule has 1 aromatic heterocycles. The molecular weight excluding hydrogens is 198 g/mol. The summed E-state index contributed by atoms with van der Waals surface area (Å²) in [5, 5.41) is 0. The van der Waals surface area contributed by atoms with Crippen LogP contribution in [-0.2, 0) is 0 Å². The Morgan fingerprint density at radius 2 is 1.88 bits per heavy atom. The van der Waals surface area contributed by atoms with Crippen molar-refractivity contribution >= 4 is 0 Å². The van der Waals surface area contributed by atoms with E-state index in [1.165, 1.54) is 5.56 Å². The summed E-state index contributed by atoms with van der Waals surface area (Å²) in [6.07, 6.45) is 4.64. The predicted octanol–water partition coefficient (Wildman–Crippen LogP) is 2.20. The Balaban J connectivity index is 2.96. The normalized spacial score (nSPS) is 15.4. The van der Waals surface area contributed by atoms with Crippen LogP contribution in [0.1, 0.15) is 38.8 Å². The molecule has 0 aliphatic heterocycles. The molecule has 0 amide bonds. The molecular formula is C13H23N3. The third-order valence-corrected chi connectivity index (χ3v) is 3.18. The first-order valence-electron chi connectivity index (χ1n) is 5.95. The lowest BCUT2D eigenvalue weighted by Crippen LogP contribution is -2.41. The fourth-order valence-electron chi connectivity index (χ4n) is 1.89. The third kappa shape index (κ3) is 3.03. The fourth-order valence-corrected chi connectivity index (χ4v) is 1.89. The minimum Gasteiger partial charge on any atom is -0.326 e. The van der Waals surface area contributed by atoms with Crippen LogP contribution in [0.25, 0.3) is 0 Å². The van der Waals surface area contributed by atoms with Crippen LogP contribution in [0.3, 0.4) is 0 Å². The molecule has 1 aromatic rings. The quantitative estimate of drug-likeness (QED) is 0.829. The van der Waals surface area contributed by atoms with Gasteiger partial charge in [0, 0.05) is 30.5 Å². The summed E-state index contributed by atoms with van der Waals surface area (Å²) >= 11 is 0. The van der Waals surface area contributed by atoms with Crippen molar-refractivity contribution in [2.24, 2.45) is 5.73 Å². The summed E-state index contributed by atoms with van der Waals surface area (Å²) in [4.78, 5) is 6.38. The number of aromatic nitrogens is 1. The van der Waals surface area contributed by atoms with Crippen molar-refractivity contribution in [1.29, 1.82) is 0 Å². The van der Waals surface area contributed by atoms with Gasteiger partial charge in [-0.25, -0.2) is 0 Å². The first kappa shape index (κ1) is 13.1. The fraction of sp³-hybridized carbons (Fsp3) is 0.615. The van der Waals surface area contributed by atoms with E-state index in [-0.39, 0.29) is 12.1 Å². The van der Waals surface area contributed by atoms with Gasteiger partial charge in [0.1, 0.15) is 0 Å². The van der Waals surface area contributed by atoms with Gasteiger partial charge in [-0.3, -0.25) is 9.88 Å². The molecule has 0 aromatic carbocycles. The van der Waals surface area contributed by atoms with Crippen LogP contribution in [0, 0.1) is 0 Å².